The Kier molecular flexibility index (Phi) is 7.50. The van der Waals surface area contributed by atoms with Gasteiger partial charge in [0, 0.05) is 17.4 Å². The van der Waals surface area contributed by atoms with Gasteiger partial charge in [-0.25, -0.2) is 4.57 Å². The van der Waals surface area contributed by atoms with Gasteiger partial charge in [-0.3, -0.25) is 0 Å². The van der Waals surface area contributed by atoms with E-state index in [0.29, 0.717) is 0 Å². The van der Waals surface area contributed by atoms with Crippen LogP contribution in [0.5, 0.6) is 23.0 Å². The molecule has 0 spiro atoms. The smallest absolute Gasteiger partial charge is 0.180 e. The van der Waals surface area contributed by atoms with Crippen molar-refractivity contribution in [3.05, 3.63) is 53.9 Å². The zero-order valence-corrected chi connectivity index (χ0v) is 17.8. The Morgan fingerprint density at radius 2 is 1.36 bits per heavy atom. The molecule has 0 fully saturated rings. The number of fused-ring (bicyclic) bond motifs is 1. The Bertz CT molecular complexity index is 938. The van der Waals surface area contributed by atoms with E-state index in [0.717, 1.165) is 45.8 Å². The van der Waals surface area contributed by atoms with E-state index < -0.39 is 0 Å². The van der Waals surface area contributed by atoms with Crippen LogP contribution in [0.15, 0.2) is 42.7 Å². The molecule has 0 unspecified atom stereocenters. The Hall–Kier alpha value is -2.95. The van der Waals surface area contributed by atoms with E-state index in [2.05, 4.69) is 24.5 Å². The molecule has 0 amide bonds. The summed E-state index contributed by atoms with van der Waals surface area (Å²) in [5, 5.41) is 2.16. The number of hydrogen-bond acceptors (Lipinski definition) is 4. The molecule has 28 heavy (non-hydrogen) atoms. The minimum absolute atomic E-state index is 0.725. The van der Waals surface area contributed by atoms with E-state index in [9.17, 15) is 0 Å². The summed E-state index contributed by atoms with van der Waals surface area (Å²) in [6.07, 6.45) is 4.95. The van der Waals surface area contributed by atoms with Crippen molar-refractivity contribution < 1.29 is 23.5 Å². The lowest BCUT2D eigenvalue weighted by Gasteiger charge is -2.13. The Labute approximate surface area is 167 Å². The third-order valence-electron chi connectivity index (χ3n) is 4.46. The number of methoxy groups -OCH3 is 4. The van der Waals surface area contributed by atoms with Crippen LogP contribution in [0, 0.1) is 0 Å². The molecule has 0 atom stereocenters. The van der Waals surface area contributed by atoms with Crippen molar-refractivity contribution in [2.24, 2.45) is 7.05 Å². The summed E-state index contributed by atoms with van der Waals surface area (Å²) in [6, 6.07) is 10.0. The first-order valence-corrected chi connectivity index (χ1v) is 9.35. The number of aromatic nitrogens is 1. The molecule has 3 rings (SSSR count). The zero-order chi connectivity index (χ0) is 20.7. The van der Waals surface area contributed by atoms with Crippen molar-refractivity contribution in [3.63, 3.8) is 0 Å². The molecule has 0 saturated carbocycles. The average molecular weight is 384 g/mol. The lowest BCUT2D eigenvalue weighted by molar-refractivity contribution is -0.670. The summed E-state index contributed by atoms with van der Waals surface area (Å²) >= 11 is 0. The third kappa shape index (κ3) is 4.30. The average Bonchev–Trinajstić information content (AvgIpc) is 2.74. The number of nitrogens with zero attached hydrogens (tertiary/aromatic N) is 1. The molecule has 0 saturated heterocycles. The molecule has 150 valence electrons. The van der Waals surface area contributed by atoms with Crippen molar-refractivity contribution in [2.75, 3.05) is 28.4 Å². The van der Waals surface area contributed by atoms with Gasteiger partial charge in [-0.15, -0.1) is 0 Å². The highest BCUT2D eigenvalue weighted by Crippen LogP contribution is 2.36. The van der Waals surface area contributed by atoms with Gasteiger partial charge in [0.1, 0.15) is 7.05 Å². The normalized spacial score (nSPS) is 10.1. The number of rotatable bonds is 6. The lowest BCUT2D eigenvalue weighted by Crippen LogP contribution is -2.27. The van der Waals surface area contributed by atoms with Gasteiger partial charge in [-0.05, 0) is 29.8 Å². The van der Waals surface area contributed by atoms with Crippen LogP contribution in [0.4, 0.5) is 0 Å². The van der Waals surface area contributed by atoms with Gasteiger partial charge in [0.05, 0.1) is 33.8 Å². The summed E-state index contributed by atoms with van der Waals surface area (Å²) in [7, 11) is 8.62. The summed E-state index contributed by atoms with van der Waals surface area (Å²) in [5.41, 5.74) is 2.34. The van der Waals surface area contributed by atoms with Crippen LogP contribution in [0.3, 0.4) is 0 Å². The van der Waals surface area contributed by atoms with Crippen LogP contribution in [0.2, 0.25) is 0 Å². The van der Waals surface area contributed by atoms with E-state index in [-0.39, 0.29) is 0 Å². The number of ether oxygens (including phenoxy) is 4. The van der Waals surface area contributed by atoms with E-state index in [1.54, 1.807) is 28.4 Å². The van der Waals surface area contributed by atoms with Crippen molar-refractivity contribution in [1.29, 1.82) is 0 Å². The van der Waals surface area contributed by atoms with E-state index >= 15 is 0 Å². The Morgan fingerprint density at radius 1 is 0.714 bits per heavy atom. The second-order valence-corrected chi connectivity index (χ2v) is 6.08. The van der Waals surface area contributed by atoms with Gasteiger partial charge in [-0.1, -0.05) is 19.9 Å². The van der Waals surface area contributed by atoms with Crippen LogP contribution in [0.1, 0.15) is 25.0 Å². The molecule has 5 heteroatoms. The fourth-order valence-electron chi connectivity index (χ4n) is 3.27. The van der Waals surface area contributed by atoms with Crippen LogP contribution in [-0.4, -0.2) is 28.4 Å². The quantitative estimate of drug-likeness (QED) is 0.594. The molecule has 2 aromatic carbocycles. The molecule has 1 heterocycles. The molecule has 0 aliphatic rings. The molecule has 1 aromatic heterocycles. The maximum absolute atomic E-state index is 5.60. The SMILES string of the molecule is CC.COc1ccc(Cc2c[n+](C)cc3c(OC)c(OC)ccc23)cc1OC. The largest absolute Gasteiger partial charge is 0.493 e. The molecule has 3 aromatic rings. The molecule has 0 N–H and O–H groups in total. The summed E-state index contributed by atoms with van der Waals surface area (Å²) in [6.45, 7) is 4.00. The first kappa shape index (κ1) is 21.4. The van der Waals surface area contributed by atoms with Gasteiger partial charge < -0.3 is 18.9 Å². The first-order valence-electron chi connectivity index (χ1n) is 9.35. The predicted molar refractivity (Wildman–Crippen MR) is 112 cm³/mol. The number of benzene rings is 2. The molecular weight excluding hydrogens is 354 g/mol. The predicted octanol–water partition coefficient (Wildman–Crippen LogP) is 4.32. The van der Waals surface area contributed by atoms with Gasteiger partial charge in [0.2, 0.25) is 0 Å². The molecule has 0 radical (unpaired) electrons. The summed E-state index contributed by atoms with van der Waals surface area (Å²) in [4.78, 5) is 0. The highest BCUT2D eigenvalue weighted by Gasteiger charge is 2.16. The summed E-state index contributed by atoms with van der Waals surface area (Å²) < 4.78 is 23.8. The Balaban J connectivity index is 0.00000136. The van der Waals surface area contributed by atoms with E-state index in [4.69, 9.17) is 18.9 Å². The first-order chi connectivity index (χ1) is 13.6. The van der Waals surface area contributed by atoms with Crippen molar-refractivity contribution >= 4 is 10.8 Å². The molecule has 0 bridgehead atoms. The van der Waals surface area contributed by atoms with Gasteiger partial charge in [-0.2, -0.15) is 0 Å². The minimum Gasteiger partial charge on any atom is -0.493 e. The highest BCUT2D eigenvalue weighted by atomic mass is 16.5. The number of hydrogen-bond donors (Lipinski definition) is 0. The van der Waals surface area contributed by atoms with Gasteiger partial charge >= 0.3 is 0 Å². The fourth-order valence-corrected chi connectivity index (χ4v) is 3.27. The second kappa shape index (κ2) is 9.83. The van der Waals surface area contributed by atoms with Crippen LogP contribution in [-0.2, 0) is 13.5 Å². The highest BCUT2D eigenvalue weighted by molar-refractivity contribution is 5.92. The number of aryl methyl sites for hydroxylation is 1. The van der Waals surface area contributed by atoms with Crippen LogP contribution >= 0.6 is 0 Å². The molecule has 0 aliphatic heterocycles. The minimum atomic E-state index is 0.725. The fraction of sp³-hybridized carbons (Fsp3) is 0.348. The third-order valence-corrected chi connectivity index (χ3v) is 4.46. The standard InChI is InChI=1S/C21H24NO4.C2H6/c1-22-12-15(10-14-6-8-18(23-2)20(11-14)25-4)16-7-9-19(24-3)21(26-5)17(16)13-22;1-2/h6-9,11-13H,10H2,1-5H3;1-2H3/q+1;. The molecule has 0 aliphatic carbocycles. The number of pyridine rings is 1. The van der Waals surface area contributed by atoms with Crippen LogP contribution in [0.25, 0.3) is 10.8 Å². The monoisotopic (exact) mass is 384 g/mol. The molecule has 5 nitrogen and oxygen atoms in total. The van der Waals surface area contributed by atoms with E-state index in [1.165, 1.54) is 5.56 Å². The maximum Gasteiger partial charge on any atom is 0.180 e. The van der Waals surface area contributed by atoms with Crippen molar-refractivity contribution in [1.82, 2.24) is 0 Å². The topological polar surface area (TPSA) is 40.8 Å². The zero-order valence-electron chi connectivity index (χ0n) is 17.8. The second-order valence-electron chi connectivity index (χ2n) is 6.08. The Morgan fingerprint density at radius 3 is 1.96 bits per heavy atom. The lowest BCUT2D eigenvalue weighted by atomic mass is 9.99. The van der Waals surface area contributed by atoms with Crippen molar-refractivity contribution in [2.45, 2.75) is 20.3 Å². The van der Waals surface area contributed by atoms with Gasteiger partial charge in [0.15, 0.2) is 35.4 Å². The van der Waals surface area contributed by atoms with E-state index in [1.807, 2.05) is 43.7 Å². The van der Waals surface area contributed by atoms with Crippen LogP contribution < -0.4 is 23.5 Å². The summed E-state index contributed by atoms with van der Waals surface area (Å²) in [5.74, 6) is 2.93. The maximum atomic E-state index is 5.60. The molecular formula is C23H30NO4+. The van der Waals surface area contributed by atoms with Gasteiger partial charge in [0.25, 0.3) is 0 Å². The van der Waals surface area contributed by atoms with Crippen molar-refractivity contribution in [3.8, 4) is 23.0 Å².